The molecule has 1 aliphatic carbocycles. The molecule has 0 unspecified atom stereocenters. The van der Waals surface area contributed by atoms with Crippen LogP contribution in [0.25, 0.3) is 11.1 Å². The summed E-state index contributed by atoms with van der Waals surface area (Å²) in [5, 5.41) is 13.1. The summed E-state index contributed by atoms with van der Waals surface area (Å²) in [5.74, 6) is -0.443. The zero-order valence-corrected chi connectivity index (χ0v) is 18.6. The monoisotopic (exact) mass is 451 g/mol. The molecular weight excluding hydrogens is 421 g/mol. The van der Waals surface area contributed by atoms with Gasteiger partial charge in [-0.05, 0) is 41.7 Å². The fraction of sp³-hybridized carbons (Fsp3) is 0.462. The van der Waals surface area contributed by atoms with Gasteiger partial charge in [-0.1, -0.05) is 55.7 Å². The lowest BCUT2D eigenvalue weighted by atomic mass is 9.73. The summed E-state index contributed by atoms with van der Waals surface area (Å²) >= 11 is 0. The number of aliphatic hydroxyl groups excluding tert-OH is 1. The second-order valence-corrected chi connectivity index (χ2v) is 9.44. The van der Waals surface area contributed by atoms with E-state index in [9.17, 15) is 19.1 Å². The molecule has 0 radical (unpaired) electrons. The van der Waals surface area contributed by atoms with Gasteiger partial charge in [0.25, 0.3) is 0 Å². The maximum Gasteiger partial charge on any atom is 0.318 e. The highest BCUT2D eigenvalue weighted by atomic mass is 19.1. The number of nitrogens with one attached hydrogen (secondary N) is 1. The van der Waals surface area contributed by atoms with Crippen molar-refractivity contribution in [2.24, 2.45) is 0 Å². The number of halogens is 1. The number of rotatable bonds is 4. The van der Waals surface area contributed by atoms with Gasteiger partial charge in [-0.15, -0.1) is 0 Å². The van der Waals surface area contributed by atoms with Crippen LogP contribution in [0.5, 0.6) is 0 Å². The van der Waals surface area contributed by atoms with E-state index in [1.807, 2.05) is 30.3 Å². The summed E-state index contributed by atoms with van der Waals surface area (Å²) in [6, 6.07) is 13.9. The minimum Gasteiger partial charge on any atom is -0.394 e. The Balaban J connectivity index is 1.31. The third kappa shape index (κ3) is 4.22. The number of hydrogen-bond acceptors (Lipinski definition) is 3. The average Bonchev–Trinajstić information content (AvgIpc) is 2.81. The molecule has 6 nitrogen and oxygen atoms in total. The first-order valence-corrected chi connectivity index (χ1v) is 11.9. The minimum absolute atomic E-state index is 0.0502. The largest absolute Gasteiger partial charge is 0.394 e. The first-order valence-electron chi connectivity index (χ1n) is 11.9. The third-order valence-corrected chi connectivity index (χ3v) is 7.43. The SMILES string of the molecule is O=C(NC1CCCCC1)N1CC(=O)N2[C@H](CO)[C@@H](c3ccc(-c4cccc(F)c4)cc3)[C@H]2C1. The first kappa shape index (κ1) is 21.9. The van der Waals surface area contributed by atoms with Crippen molar-refractivity contribution in [3.8, 4) is 11.1 Å². The molecule has 2 heterocycles. The van der Waals surface area contributed by atoms with Crippen LogP contribution in [0, 0.1) is 5.82 Å². The van der Waals surface area contributed by atoms with Crippen LogP contribution in [0.15, 0.2) is 48.5 Å². The van der Waals surface area contributed by atoms with E-state index in [0.717, 1.165) is 42.4 Å². The Kier molecular flexibility index (Phi) is 6.06. The van der Waals surface area contributed by atoms with E-state index in [1.54, 1.807) is 15.9 Å². The van der Waals surface area contributed by atoms with Crippen molar-refractivity contribution in [2.45, 2.75) is 56.1 Å². The zero-order chi connectivity index (χ0) is 22.9. The van der Waals surface area contributed by atoms with Crippen molar-refractivity contribution in [3.05, 3.63) is 59.9 Å². The molecule has 2 aromatic carbocycles. The highest BCUT2D eigenvalue weighted by molar-refractivity contribution is 5.87. The summed E-state index contributed by atoms with van der Waals surface area (Å²) in [6.07, 6.45) is 5.47. The number of nitrogens with zero attached hydrogens (tertiary/aromatic N) is 2. The second-order valence-electron chi connectivity index (χ2n) is 9.44. The van der Waals surface area contributed by atoms with Crippen LogP contribution in [0.3, 0.4) is 0 Å². The van der Waals surface area contributed by atoms with Crippen LogP contribution in [-0.4, -0.2) is 64.7 Å². The van der Waals surface area contributed by atoms with E-state index in [2.05, 4.69) is 5.32 Å². The number of fused-ring (bicyclic) bond motifs is 1. The number of urea groups is 1. The number of amides is 3. The molecule has 174 valence electrons. The molecule has 1 saturated carbocycles. The van der Waals surface area contributed by atoms with E-state index in [4.69, 9.17) is 0 Å². The van der Waals surface area contributed by atoms with Crippen molar-refractivity contribution >= 4 is 11.9 Å². The van der Waals surface area contributed by atoms with Crippen LogP contribution in [0.1, 0.15) is 43.6 Å². The first-order chi connectivity index (χ1) is 16.0. The Bertz CT molecular complexity index is 1020. The van der Waals surface area contributed by atoms with Crippen molar-refractivity contribution in [2.75, 3.05) is 19.7 Å². The van der Waals surface area contributed by atoms with E-state index in [-0.39, 0.29) is 55.0 Å². The lowest BCUT2D eigenvalue weighted by Gasteiger charge is -2.58. The van der Waals surface area contributed by atoms with Gasteiger partial charge in [0, 0.05) is 18.5 Å². The molecule has 3 aliphatic rings. The van der Waals surface area contributed by atoms with Crippen molar-refractivity contribution in [1.82, 2.24) is 15.1 Å². The maximum atomic E-state index is 13.6. The third-order valence-electron chi connectivity index (χ3n) is 7.43. The Labute approximate surface area is 193 Å². The number of carbonyl (C=O) groups is 2. The Hall–Kier alpha value is -2.93. The van der Waals surface area contributed by atoms with Gasteiger partial charge in [-0.3, -0.25) is 4.79 Å². The topological polar surface area (TPSA) is 72.9 Å². The number of aliphatic hydroxyl groups is 1. The summed E-state index contributed by atoms with van der Waals surface area (Å²) in [7, 11) is 0. The van der Waals surface area contributed by atoms with Gasteiger partial charge < -0.3 is 20.2 Å². The van der Waals surface area contributed by atoms with E-state index < -0.39 is 0 Å². The van der Waals surface area contributed by atoms with Crippen LogP contribution >= 0.6 is 0 Å². The summed E-state index contributed by atoms with van der Waals surface area (Å²) in [4.78, 5) is 29.1. The second kappa shape index (κ2) is 9.14. The molecule has 0 bridgehead atoms. The minimum atomic E-state index is -0.286. The fourth-order valence-electron chi connectivity index (χ4n) is 5.73. The lowest BCUT2D eigenvalue weighted by Crippen LogP contribution is -2.74. The number of carbonyl (C=O) groups excluding carboxylic acids is 2. The average molecular weight is 452 g/mol. The molecule has 2 aliphatic heterocycles. The number of piperazine rings is 1. The van der Waals surface area contributed by atoms with Crippen molar-refractivity contribution in [3.63, 3.8) is 0 Å². The van der Waals surface area contributed by atoms with Crippen LogP contribution < -0.4 is 5.32 Å². The molecule has 7 heteroatoms. The maximum absolute atomic E-state index is 13.6. The molecule has 5 rings (SSSR count). The Morgan fingerprint density at radius 3 is 2.52 bits per heavy atom. The summed E-state index contributed by atoms with van der Waals surface area (Å²) in [5.41, 5.74) is 2.72. The molecular formula is C26H30FN3O3. The van der Waals surface area contributed by atoms with E-state index >= 15 is 0 Å². The van der Waals surface area contributed by atoms with Crippen molar-refractivity contribution in [1.29, 1.82) is 0 Å². The highest BCUT2D eigenvalue weighted by Crippen LogP contribution is 2.43. The van der Waals surface area contributed by atoms with Crippen LogP contribution in [0.4, 0.5) is 9.18 Å². The zero-order valence-electron chi connectivity index (χ0n) is 18.6. The molecule has 3 amide bonds. The molecule has 2 saturated heterocycles. The van der Waals surface area contributed by atoms with Gasteiger partial charge in [0.1, 0.15) is 12.4 Å². The molecule has 0 spiro atoms. The van der Waals surface area contributed by atoms with Crippen LogP contribution in [-0.2, 0) is 4.79 Å². The fourth-order valence-corrected chi connectivity index (χ4v) is 5.73. The van der Waals surface area contributed by atoms with Crippen LogP contribution in [0.2, 0.25) is 0 Å². The highest BCUT2D eigenvalue weighted by Gasteiger charge is 2.54. The molecule has 3 fully saturated rings. The van der Waals surface area contributed by atoms with Gasteiger partial charge in [0.2, 0.25) is 5.91 Å². The molecule has 0 aromatic heterocycles. The predicted molar refractivity (Wildman–Crippen MR) is 123 cm³/mol. The van der Waals surface area contributed by atoms with Crippen molar-refractivity contribution < 1.29 is 19.1 Å². The number of hydrogen-bond donors (Lipinski definition) is 2. The lowest BCUT2D eigenvalue weighted by molar-refractivity contribution is -0.159. The molecule has 3 atom stereocenters. The molecule has 2 aromatic rings. The molecule has 33 heavy (non-hydrogen) atoms. The van der Waals surface area contributed by atoms with Gasteiger partial charge in [-0.25, -0.2) is 9.18 Å². The smallest absolute Gasteiger partial charge is 0.318 e. The van der Waals surface area contributed by atoms with Gasteiger partial charge in [0.05, 0.1) is 18.7 Å². The summed E-state index contributed by atoms with van der Waals surface area (Å²) < 4.78 is 13.6. The van der Waals surface area contributed by atoms with Gasteiger partial charge in [-0.2, -0.15) is 0 Å². The van der Waals surface area contributed by atoms with E-state index in [0.29, 0.717) is 6.54 Å². The predicted octanol–water partition coefficient (Wildman–Crippen LogP) is 3.51. The van der Waals surface area contributed by atoms with E-state index in [1.165, 1.54) is 18.6 Å². The number of benzene rings is 2. The summed E-state index contributed by atoms with van der Waals surface area (Å²) in [6.45, 7) is 0.390. The Morgan fingerprint density at radius 2 is 1.82 bits per heavy atom. The Morgan fingerprint density at radius 1 is 1.06 bits per heavy atom. The normalized spacial score (nSPS) is 25.4. The quantitative estimate of drug-likeness (QED) is 0.747. The van der Waals surface area contributed by atoms with Gasteiger partial charge in [0.15, 0.2) is 0 Å². The van der Waals surface area contributed by atoms with Gasteiger partial charge >= 0.3 is 6.03 Å². The molecule has 2 N–H and O–H groups in total. The standard InChI is InChI=1S/C26H30FN3O3/c27-20-6-4-5-19(13-20)17-9-11-18(12-10-17)25-22-14-29(15-24(32)30(22)23(25)16-31)26(33)28-21-7-2-1-3-8-21/h4-6,9-13,21-23,25,31H,1-3,7-8,14-16H2,(H,28,33)/t22-,23-,25+/m1/s1.